The van der Waals surface area contributed by atoms with Gasteiger partial charge in [0, 0.05) is 20.0 Å². The standard InChI is InChI=1S/C11H13NO4/c1-4-16-11(15)8-5-6-9(14)12(3)10(8)7(2)13/h5-6H,4H2,1-3H3. The first-order chi connectivity index (χ1) is 7.49. The number of rotatable bonds is 3. The Morgan fingerprint density at radius 2 is 2.00 bits per heavy atom. The van der Waals surface area contributed by atoms with Gasteiger partial charge in [0.15, 0.2) is 5.78 Å². The van der Waals surface area contributed by atoms with E-state index in [1.165, 1.54) is 26.1 Å². The average molecular weight is 223 g/mol. The lowest BCUT2D eigenvalue weighted by Gasteiger charge is -2.09. The number of Topliss-reactive ketones (excluding diaryl/α,β-unsaturated/α-hetero) is 1. The van der Waals surface area contributed by atoms with Crippen molar-refractivity contribution in [1.29, 1.82) is 0 Å². The summed E-state index contributed by atoms with van der Waals surface area (Å²) in [7, 11) is 1.45. The van der Waals surface area contributed by atoms with Crippen molar-refractivity contribution in [2.24, 2.45) is 7.05 Å². The Hall–Kier alpha value is -1.91. The highest BCUT2D eigenvalue weighted by Gasteiger charge is 2.18. The van der Waals surface area contributed by atoms with Crippen LogP contribution in [-0.2, 0) is 11.8 Å². The summed E-state index contributed by atoms with van der Waals surface area (Å²) < 4.78 is 5.95. The van der Waals surface area contributed by atoms with Gasteiger partial charge in [-0.15, -0.1) is 0 Å². The maximum Gasteiger partial charge on any atom is 0.340 e. The number of ether oxygens (including phenoxy) is 1. The predicted octanol–water partition coefficient (Wildman–Crippen LogP) is 0.765. The molecule has 0 spiro atoms. The third kappa shape index (κ3) is 2.18. The minimum absolute atomic E-state index is 0.0750. The van der Waals surface area contributed by atoms with Crippen LogP contribution in [0.2, 0.25) is 0 Å². The number of carbonyl (C=O) groups excluding carboxylic acids is 2. The minimum Gasteiger partial charge on any atom is -0.462 e. The Balaban J connectivity index is 3.40. The number of hydrogen-bond donors (Lipinski definition) is 0. The van der Waals surface area contributed by atoms with Crippen molar-refractivity contribution >= 4 is 11.8 Å². The minimum atomic E-state index is -0.594. The van der Waals surface area contributed by atoms with Crippen LogP contribution in [0.1, 0.15) is 34.7 Å². The smallest absolute Gasteiger partial charge is 0.340 e. The lowest BCUT2D eigenvalue weighted by Crippen LogP contribution is -2.25. The van der Waals surface area contributed by atoms with Gasteiger partial charge in [-0.3, -0.25) is 9.59 Å². The van der Waals surface area contributed by atoms with Crippen LogP contribution in [0.15, 0.2) is 16.9 Å². The van der Waals surface area contributed by atoms with E-state index >= 15 is 0 Å². The van der Waals surface area contributed by atoms with Crippen molar-refractivity contribution in [3.8, 4) is 0 Å². The zero-order chi connectivity index (χ0) is 12.3. The number of ketones is 1. The molecular weight excluding hydrogens is 210 g/mol. The molecule has 5 nitrogen and oxygen atoms in total. The molecule has 1 aromatic heterocycles. The zero-order valence-corrected chi connectivity index (χ0v) is 9.44. The molecule has 0 unspecified atom stereocenters. The van der Waals surface area contributed by atoms with Crippen LogP contribution in [0, 0.1) is 0 Å². The summed E-state index contributed by atoms with van der Waals surface area (Å²) >= 11 is 0. The van der Waals surface area contributed by atoms with Crippen LogP contribution < -0.4 is 5.56 Å². The van der Waals surface area contributed by atoms with Crippen molar-refractivity contribution in [2.75, 3.05) is 6.61 Å². The average Bonchev–Trinajstić information content (AvgIpc) is 2.21. The van der Waals surface area contributed by atoms with Gasteiger partial charge in [0.1, 0.15) is 5.69 Å². The van der Waals surface area contributed by atoms with E-state index in [9.17, 15) is 14.4 Å². The molecule has 0 aromatic carbocycles. The molecule has 5 heteroatoms. The second-order valence-electron chi connectivity index (χ2n) is 3.27. The van der Waals surface area contributed by atoms with Crippen molar-refractivity contribution in [3.05, 3.63) is 33.7 Å². The number of nitrogens with zero attached hydrogens (tertiary/aromatic N) is 1. The highest BCUT2D eigenvalue weighted by Crippen LogP contribution is 2.08. The maximum atomic E-state index is 11.5. The topological polar surface area (TPSA) is 65.4 Å². The molecule has 16 heavy (non-hydrogen) atoms. The SMILES string of the molecule is CCOC(=O)c1ccc(=O)n(C)c1C(C)=O. The lowest BCUT2D eigenvalue weighted by molar-refractivity contribution is 0.0521. The van der Waals surface area contributed by atoms with E-state index in [2.05, 4.69) is 0 Å². The van der Waals surface area contributed by atoms with Crippen LogP contribution >= 0.6 is 0 Å². The highest BCUT2D eigenvalue weighted by atomic mass is 16.5. The Bertz CT molecular complexity index is 487. The van der Waals surface area contributed by atoms with E-state index < -0.39 is 5.97 Å². The van der Waals surface area contributed by atoms with Crippen LogP contribution in [0.5, 0.6) is 0 Å². The monoisotopic (exact) mass is 223 g/mol. The Labute approximate surface area is 92.6 Å². The van der Waals surface area contributed by atoms with Crippen LogP contribution in [0.4, 0.5) is 0 Å². The molecule has 0 saturated heterocycles. The summed E-state index contributed by atoms with van der Waals surface area (Å²) in [6.45, 7) is 3.20. The van der Waals surface area contributed by atoms with Crippen LogP contribution in [-0.4, -0.2) is 22.9 Å². The largest absolute Gasteiger partial charge is 0.462 e. The first kappa shape index (κ1) is 12.2. The van der Waals surface area contributed by atoms with E-state index in [-0.39, 0.29) is 29.2 Å². The molecule has 1 heterocycles. The number of hydrogen-bond acceptors (Lipinski definition) is 4. The number of pyridine rings is 1. The van der Waals surface area contributed by atoms with Gasteiger partial charge in [-0.05, 0) is 13.0 Å². The number of aromatic nitrogens is 1. The number of carbonyl (C=O) groups is 2. The van der Waals surface area contributed by atoms with Gasteiger partial charge < -0.3 is 9.30 Å². The molecule has 1 aromatic rings. The van der Waals surface area contributed by atoms with E-state index in [1.54, 1.807) is 6.92 Å². The third-order valence-electron chi connectivity index (χ3n) is 2.14. The Morgan fingerprint density at radius 1 is 1.38 bits per heavy atom. The molecule has 0 radical (unpaired) electrons. The van der Waals surface area contributed by atoms with E-state index in [1.807, 2.05) is 0 Å². The molecule has 0 saturated carbocycles. The molecule has 0 aliphatic rings. The Morgan fingerprint density at radius 3 is 2.50 bits per heavy atom. The van der Waals surface area contributed by atoms with E-state index in [0.717, 1.165) is 4.57 Å². The maximum absolute atomic E-state index is 11.5. The second kappa shape index (κ2) is 4.74. The van der Waals surface area contributed by atoms with Crippen molar-refractivity contribution < 1.29 is 14.3 Å². The molecule has 0 aliphatic carbocycles. The van der Waals surface area contributed by atoms with Gasteiger partial charge >= 0.3 is 5.97 Å². The molecule has 0 N–H and O–H groups in total. The second-order valence-corrected chi connectivity index (χ2v) is 3.27. The molecule has 0 bridgehead atoms. The van der Waals surface area contributed by atoms with Crippen molar-refractivity contribution in [2.45, 2.75) is 13.8 Å². The molecule has 1 rings (SSSR count). The van der Waals surface area contributed by atoms with Gasteiger partial charge in [-0.25, -0.2) is 4.79 Å². The zero-order valence-electron chi connectivity index (χ0n) is 9.44. The fourth-order valence-electron chi connectivity index (χ4n) is 1.44. The molecular formula is C11H13NO4. The third-order valence-corrected chi connectivity index (χ3v) is 2.14. The van der Waals surface area contributed by atoms with Gasteiger partial charge in [0.25, 0.3) is 5.56 Å². The van der Waals surface area contributed by atoms with E-state index in [4.69, 9.17) is 4.74 Å². The molecule has 0 atom stereocenters. The quantitative estimate of drug-likeness (QED) is 0.560. The summed E-state index contributed by atoms with van der Waals surface area (Å²) in [6.07, 6.45) is 0. The van der Waals surface area contributed by atoms with Gasteiger partial charge in [-0.1, -0.05) is 0 Å². The van der Waals surface area contributed by atoms with Gasteiger partial charge in [-0.2, -0.15) is 0 Å². The molecule has 86 valence electrons. The first-order valence-electron chi connectivity index (χ1n) is 4.87. The fourth-order valence-corrected chi connectivity index (χ4v) is 1.44. The molecule has 0 amide bonds. The van der Waals surface area contributed by atoms with Crippen molar-refractivity contribution in [1.82, 2.24) is 4.57 Å². The summed E-state index contributed by atoms with van der Waals surface area (Å²) in [5.74, 6) is -0.938. The summed E-state index contributed by atoms with van der Waals surface area (Å²) in [4.78, 5) is 34.3. The first-order valence-corrected chi connectivity index (χ1v) is 4.87. The van der Waals surface area contributed by atoms with Gasteiger partial charge in [0.2, 0.25) is 0 Å². The fraction of sp³-hybridized carbons (Fsp3) is 0.364. The summed E-state index contributed by atoms with van der Waals surface area (Å²) in [6, 6.07) is 2.55. The predicted molar refractivity (Wildman–Crippen MR) is 57.6 cm³/mol. The van der Waals surface area contributed by atoms with E-state index in [0.29, 0.717) is 0 Å². The van der Waals surface area contributed by atoms with Crippen LogP contribution in [0.25, 0.3) is 0 Å². The Kier molecular flexibility index (Phi) is 3.60. The normalized spacial score (nSPS) is 9.94. The number of esters is 1. The lowest BCUT2D eigenvalue weighted by atomic mass is 10.1. The van der Waals surface area contributed by atoms with Crippen molar-refractivity contribution in [3.63, 3.8) is 0 Å². The molecule has 0 fully saturated rings. The summed E-state index contributed by atoms with van der Waals surface area (Å²) in [5, 5.41) is 0. The molecule has 0 aliphatic heterocycles. The van der Waals surface area contributed by atoms with Crippen LogP contribution in [0.3, 0.4) is 0 Å². The van der Waals surface area contributed by atoms with Gasteiger partial charge in [0.05, 0.1) is 12.2 Å². The summed E-state index contributed by atoms with van der Waals surface area (Å²) in [5.41, 5.74) is -0.138. The highest BCUT2D eigenvalue weighted by molar-refractivity contribution is 6.04.